The molecular formula is C22H13Cl2N3O3. The van der Waals surface area contributed by atoms with Crippen molar-refractivity contribution in [2.75, 3.05) is 5.01 Å². The second-order valence-electron chi connectivity index (χ2n) is 6.43. The molecule has 0 bridgehead atoms. The van der Waals surface area contributed by atoms with E-state index >= 15 is 0 Å². The number of rotatable bonds is 4. The number of hydrogen-bond acceptors (Lipinski definition) is 4. The zero-order chi connectivity index (χ0) is 21.3. The standard InChI is InChI=1S/C22H13Cl2N3O3/c23-16-7-6-15(20(24)13-16)12-19-21(14-4-2-1-3-5-14)25-26(22(19)28)17-8-10-18(11-9-17)27(29)30/h1-13H. The van der Waals surface area contributed by atoms with E-state index in [1.165, 1.54) is 29.3 Å². The van der Waals surface area contributed by atoms with Crippen LogP contribution in [0.4, 0.5) is 11.4 Å². The van der Waals surface area contributed by atoms with E-state index in [9.17, 15) is 14.9 Å². The minimum absolute atomic E-state index is 0.0682. The van der Waals surface area contributed by atoms with Crippen molar-refractivity contribution in [3.63, 3.8) is 0 Å². The fourth-order valence-electron chi connectivity index (χ4n) is 3.02. The fraction of sp³-hybridized carbons (Fsp3) is 0. The van der Waals surface area contributed by atoms with Crippen molar-refractivity contribution in [2.24, 2.45) is 5.10 Å². The minimum Gasteiger partial charge on any atom is -0.267 e. The highest BCUT2D eigenvalue weighted by Crippen LogP contribution is 2.31. The van der Waals surface area contributed by atoms with Gasteiger partial charge in [0.05, 0.1) is 16.2 Å². The summed E-state index contributed by atoms with van der Waals surface area (Å²) < 4.78 is 0. The number of benzene rings is 3. The lowest BCUT2D eigenvalue weighted by Crippen LogP contribution is -2.21. The van der Waals surface area contributed by atoms with Crippen molar-refractivity contribution in [3.8, 4) is 0 Å². The highest BCUT2D eigenvalue weighted by Gasteiger charge is 2.32. The summed E-state index contributed by atoms with van der Waals surface area (Å²) in [4.78, 5) is 23.6. The number of nitrogens with zero attached hydrogens (tertiary/aromatic N) is 3. The van der Waals surface area contributed by atoms with E-state index in [1.807, 2.05) is 30.3 Å². The van der Waals surface area contributed by atoms with Gasteiger partial charge < -0.3 is 0 Å². The van der Waals surface area contributed by atoms with Crippen molar-refractivity contribution in [3.05, 3.63) is 110 Å². The summed E-state index contributed by atoms with van der Waals surface area (Å²) in [6, 6.07) is 19.9. The molecule has 0 radical (unpaired) electrons. The molecule has 6 nitrogen and oxygen atoms in total. The number of hydrazone groups is 1. The molecule has 0 atom stereocenters. The number of hydrogen-bond donors (Lipinski definition) is 0. The van der Waals surface area contributed by atoms with Gasteiger partial charge in [0.15, 0.2) is 0 Å². The molecule has 0 saturated heterocycles. The smallest absolute Gasteiger partial charge is 0.267 e. The van der Waals surface area contributed by atoms with Crippen molar-refractivity contribution in [2.45, 2.75) is 0 Å². The molecule has 0 unspecified atom stereocenters. The van der Waals surface area contributed by atoms with Crippen LogP contribution in [0.1, 0.15) is 11.1 Å². The molecule has 1 heterocycles. The third-order valence-corrected chi connectivity index (χ3v) is 5.05. The number of nitro groups is 1. The molecular weight excluding hydrogens is 425 g/mol. The fourth-order valence-corrected chi connectivity index (χ4v) is 3.48. The zero-order valence-electron chi connectivity index (χ0n) is 15.3. The van der Waals surface area contributed by atoms with Gasteiger partial charge in [-0.25, -0.2) is 0 Å². The first kappa shape index (κ1) is 19.8. The Kier molecular flexibility index (Phi) is 5.35. The molecule has 8 heteroatoms. The van der Waals surface area contributed by atoms with Crippen molar-refractivity contribution in [1.82, 2.24) is 0 Å². The van der Waals surface area contributed by atoms with E-state index in [0.717, 1.165) is 5.56 Å². The molecule has 0 aromatic heterocycles. The Morgan fingerprint density at radius 2 is 1.67 bits per heavy atom. The number of carbonyl (C=O) groups is 1. The molecule has 148 valence electrons. The summed E-state index contributed by atoms with van der Waals surface area (Å²) in [6.45, 7) is 0. The van der Waals surface area contributed by atoms with E-state index in [0.29, 0.717) is 32.6 Å². The predicted molar refractivity (Wildman–Crippen MR) is 118 cm³/mol. The average molecular weight is 438 g/mol. The normalized spacial score (nSPS) is 14.9. The molecule has 4 rings (SSSR count). The maximum atomic E-state index is 13.2. The molecule has 30 heavy (non-hydrogen) atoms. The first-order chi connectivity index (χ1) is 14.4. The van der Waals surface area contributed by atoms with Crippen molar-refractivity contribution >= 4 is 52.3 Å². The average Bonchev–Trinajstić information content (AvgIpc) is 3.07. The number of amides is 1. The minimum atomic E-state index is -0.498. The number of non-ortho nitro benzene ring substituents is 1. The zero-order valence-corrected chi connectivity index (χ0v) is 16.8. The monoisotopic (exact) mass is 437 g/mol. The predicted octanol–water partition coefficient (Wildman–Crippen LogP) is 5.74. The molecule has 0 fully saturated rings. The van der Waals surface area contributed by atoms with Crippen LogP contribution >= 0.6 is 23.2 Å². The Balaban J connectivity index is 1.81. The number of carbonyl (C=O) groups excluding carboxylic acids is 1. The van der Waals surface area contributed by atoms with Gasteiger partial charge in [-0.1, -0.05) is 59.6 Å². The van der Waals surface area contributed by atoms with Gasteiger partial charge in [-0.2, -0.15) is 10.1 Å². The molecule has 1 amide bonds. The van der Waals surface area contributed by atoms with Crippen molar-refractivity contribution < 1.29 is 9.72 Å². The van der Waals surface area contributed by atoms with Gasteiger partial charge in [0.1, 0.15) is 5.71 Å². The first-order valence-corrected chi connectivity index (χ1v) is 9.60. The van der Waals surface area contributed by atoms with Gasteiger partial charge in [-0.15, -0.1) is 0 Å². The number of anilines is 1. The van der Waals surface area contributed by atoms with Gasteiger partial charge in [-0.05, 0) is 35.9 Å². The summed E-state index contributed by atoms with van der Waals surface area (Å²) >= 11 is 12.3. The Labute approximate surface area is 181 Å². The molecule has 0 aliphatic carbocycles. The maximum absolute atomic E-state index is 13.2. The molecule has 3 aromatic rings. The summed E-state index contributed by atoms with van der Waals surface area (Å²) in [5.74, 6) is -0.367. The molecule has 0 N–H and O–H groups in total. The van der Waals surface area contributed by atoms with Crippen LogP contribution in [0, 0.1) is 10.1 Å². The Hall–Kier alpha value is -3.48. The highest BCUT2D eigenvalue weighted by atomic mass is 35.5. The number of nitro benzene ring substituents is 1. The van der Waals surface area contributed by atoms with Gasteiger partial charge in [-0.3, -0.25) is 14.9 Å². The highest BCUT2D eigenvalue weighted by molar-refractivity contribution is 6.39. The molecule has 3 aromatic carbocycles. The van der Waals surface area contributed by atoms with Gasteiger partial charge in [0.25, 0.3) is 11.6 Å². The summed E-state index contributed by atoms with van der Waals surface area (Å²) in [5, 5.41) is 17.5. The first-order valence-electron chi connectivity index (χ1n) is 8.84. The SMILES string of the molecule is O=C1C(=Cc2ccc(Cl)cc2Cl)C(c2ccccc2)=NN1c1ccc([N+](=O)[O-])cc1. The van der Waals surface area contributed by atoms with Crippen LogP contribution in [0.5, 0.6) is 0 Å². The molecule has 0 saturated carbocycles. The molecule has 1 aliphatic heterocycles. The van der Waals surface area contributed by atoms with Crippen LogP contribution in [-0.2, 0) is 4.79 Å². The molecule has 1 aliphatic rings. The largest absolute Gasteiger partial charge is 0.281 e. The molecule has 0 spiro atoms. The van der Waals surface area contributed by atoms with Crippen LogP contribution in [0.25, 0.3) is 6.08 Å². The summed E-state index contributed by atoms with van der Waals surface area (Å²) in [6.07, 6.45) is 1.66. The third kappa shape index (κ3) is 3.83. The lowest BCUT2D eigenvalue weighted by molar-refractivity contribution is -0.384. The second kappa shape index (κ2) is 8.10. The maximum Gasteiger partial charge on any atom is 0.281 e. The van der Waals surface area contributed by atoms with Crippen LogP contribution in [0.2, 0.25) is 10.0 Å². The topological polar surface area (TPSA) is 75.8 Å². The van der Waals surface area contributed by atoms with Crippen LogP contribution < -0.4 is 5.01 Å². The lowest BCUT2D eigenvalue weighted by Gasteiger charge is -2.11. The van der Waals surface area contributed by atoms with Crippen LogP contribution in [0.15, 0.2) is 83.5 Å². The van der Waals surface area contributed by atoms with Gasteiger partial charge in [0.2, 0.25) is 0 Å². The van der Waals surface area contributed by atoms with Gasteiger partial charge in [0, 0.05) is 27.7 Å². The Morgan fingerprint density at radius 1 is 0.967 bits per heavy atom. The summed E-state index contributed by atoms with van der Waals surface area (Å²) in [7, 11) is 0. The van der Waals surface area contributed by atoms with Crippen LogP contribution in [0.3, 0.4) is 0 Å². The van der Waals surface area contributed by atoms with E-state index in [-0.39, 0.29) is 11.6 Å². The van der Waals surface area contributed by atoms with Crippen LogP contribution in [-0.4, -0.2) is 16.5 Å². The van der Waals surface area contributed by atoms with Crippen molar-refractivity contribution in [1.29, 1.82) is 0 Å². The lowest BCUT2D eigenvalue weighted by atomic mass is 10.0. The Morgan fingerprint density at radius 3 is 2.30 bits per heavy atom. The number of halogens is 2. The third-order valence-electron chi connectivity index (χ3n) is 4.49. The second-order valence-corrected chi connectivity index (χ2v) is 7.27. The van der Waals surface area contributed by atoms with Gasteiger partial charge >= 0.3 is 0 Å². The summed E-state index contributed by atoms with van der Waals surface area (Å²) in [5.41, 5.74) is 2.56. The van der Waals surface area contributed by atoms with E-state index in [1.54, 1.807) is 24.3 Å². The van der Waals surface area contributed by atoms with E-state index < -0.39 is 4.92 Å². The van der Waals surface area contributed by atoms with E-state index in [2.05, 4.69) is 5.10 Å². The van der Waals surface area contributed by atoms with E-state index in [4.69, 9.17) is 23.2 Å². The Bertz CT molecular complexity index is 1210. The quantitative estimate of drug-likeness (QED) is 0.296.